The number of nitrogens with zero attached hydrogens (tertiary/aromatic N) is 2. The smallest absolute Gasteiger partial charge is 0.279 e. The van der Waals surface area contributed by atoms with Crippen LogP contribution in [0.5, 0.6) is 5.75 Å². The van der Waals surface area contributed by atoms with Gasteiger partial charge in [0.15, 0.2) is 16.6 Å². The van der Waals surface area contributed by atoms with E-state index in [0.717, 1.165) is 41.8 Å². The molecule has 1 aliphatic carbocycles. The van der Waals surface area contributed by atoms with Crippen LogP contribution in [-0.4, -0.2) is 22.2 Å². The molecule has 0 saturated carbocycles. The van der Waals surface area contributed by atoms with Crippen LogP contribution < -0.4 is 10.1 Å². The first-order valence-electron chi connectivity index (χ1n) is 9.93. The minimum absolute atomic E-state index is 0.111. The Kier molecular flexibility index (Phi) is 5.41. The Morgan fingerprint density at radius 1 is 1.34 bits per heavy atom. The number of benzene rings is 1. The van der Waals surface area contributed by atoms with Crippen molar-refractivity contribution in [3.63, 3.8) is 0 Å². The van der Waals surface area contributed by atoms with Crippen molar-refractivity contribution in [2.45, 2.75) is 53.1 Å². The molecule has 1 aliphatic rings. The maximum Gasteiger partial charge on any atom is 0.279 e. The molecular formula is C22H25N3O3S. The Labute approximate surface area is 174 Å². The maximum absolute atomic E-state index is 12.6. The normalized spacial score (nSPS) is 16.0. The molecule has 6 nitrogen and oxygen atoms in total. The number of anilines is 1. The summed E-state index contributed by atoms with van der Waals surface area (Å²) in [5.41, 5.74) is 3.20. The lowest BCUT2D eigenvalue weighted by molar-refractivity contribution is 0.101. The summed E-state index contributed by atoms with van der Waals surface area (Å²) in [6, 6.07) is 7.44. The van der Waals surface area contributed by atoms with Gasteiger partial charge in [-0.3, -0.25) is 10.1 Å². The third kappa shape index (κ3) is 4.34. The number of amides is 1. The molecule has 0 saturated heterocycles. The van der Waals surface area contributed by atoms with Crippen LogP contribution in [0.1, 0.15) is 53.8 Å². The van der Waals surface area contributed by atoms with Gasteiger partial charge in [0.1, 0.15) is 5.75 Å². The van der Waals surface area contributed by atoms with E-state index >= 15 is 0 Å². The molecule has 0 radical (unpaired) electrons. The Balaban J connectivity index is 1.47. The number of carbonyl (C=O) groups is 1. The van der Waals surface area contributed by atoms with E-state index < -0.39 is 0 Å². The molecule has 1 atom stereocenters. The van der Waals surface area contributed by atoms with Crippen molar-refractivity contribution in [1.82, 2.24) is 10.1 Å². The third-order valence-corrected chi connectivity index (χ3v) is 6.01. The molecule has 0 bridgehead atoms. The zero-order chi connectivity index (χ0) is 20.5. The molecule has 29 heavy (non-hydrogen) atoms. The number of aromatic nitrogens is 2. The van der Waals surface area contributed by atoms with Gasteiger partial charge in [0, 0.05) is 16.5 Å². The fourth-order valence-electron chi connectivity index (χ4n) is 3.46. The van der Waals surface area contributed by atoms with Crippen LogP contribution in [0.25, 0.3) is 11.3 Å². The molecule has 4 rings (SSSR count). The second kappa shape index (κ2) is 7.99. The molecule has 3 aromatic rings. The van der Waals surface area contributed by atoms with Crippen molar-refractivity contribution >= 4 is 22.4 Å². The van der Waals surface area contributed by atoms with Crippen molar-refractivity contribution in [2.75, 3.05) is 5.32 Å². The Hall–Kier alpha value is -2.67. The highest BCUT2D eigenvalue weighted by molar-refractivity contribution is 7.15. The number of hydrogen-bond acceptors (Lipinski definition) is 6. The summed E-state index contributed by atoms with van der Waals surface area (Å²) in [7, 11) is 0. The molecule has 2 aromatic heterocycles. The average Bonchev–Trinajstić information content (AvgIpc) is 3.29. The van der Waals surface area contributed by atoms with Crippen LogP contribution in [0.15, 0.2) is 28.8 Å². The molecule has 2 heterocycles. The van der Waals surface area contributed by atoms with Crippen LogP contribution in [0.3, 0.4) is 0 Å². The molecule has 1 N–H and O–H groups in total. The van der Waals surface area contributed by atoms with Gasteiger partial charge in [-0.05, 0) is 69.7 Å². The number of nitrogens with one attached hydrogen (secondary N) is 1. The summed E-state index contributed by atoms with van der Waals surface area (Å²) in [6.07, 6.45) is 3.27. The van der Waals surface area contributed by atoms with Gasteiger partial charge in [-0.25, -0.2) is 4.98 Å². The number of fused-ring (bicyclic) bond motifs is 1. The highest BCUT2D eigenvalue weighted by atomic mass is 32.1. The SMILES string of the molecule is Cc1cc(-c2cc(C(=O)Nc3nc4c(s3)CC(C)CC4)no2)ccc1OC(C)C. The second-order valence-corrected chi connectivity index (χ2v) is 9.00. The zero-order valence-electron chi connectivity index (χ0n) is 17.1. The van der Waals surface area contributed by atoms with Gasteiger partial charge in [0.25, 0.3) is 5.91 Å². The molecule has 1 unspecified atom stereocenters. The fraction of sp³-hybridized carbons (Fsp3) is 0.409. The maximum atomic E-state index is 12.6. The monoisotopic (exact) mass is 411 g/mol. The molecule has 7 heteroatoms. The van der Waals surface area contributed by atoms with E-state index in [0.29, 0.717) is 16.8 Å². The largest absolute Gasteiger partial charge is 0.491 e. The lowest BCUT2D eigenvalue weighted by atomic mass is 9.93. The van der Waals surface area contributed by atoms with E-state index in [1.807, 2.05) is 39.0 Å². The molecule has 0 aliphatic heterocycles. The summed E-state index contributed by atoms with van der Waals surface area (Å²) in [5.74, 6) is 1.74. The Morgan fingerprint density at radius 2 is 2.17 bits per heavy atom. The number of rotatable bonds is 5. The van der Waals surface area contributed by atoms with Crippen LogP contribution >= 0.6 is 11.3 Å². The number of carbonyl (C=O) groups excluding carboxylic acids is 1. The molecule has 1 aromatic carbocycles. The molecular weight excluding hydrogens is 386 g/mol. The van der Waals surface area contributed by atoms with Crippen molar-refractivity contribution in [3.8, 4) is 17.1 Å². The first kappa shape index (κ1) is 19.6. The third-order valence-electron chi connectivity index (χ3n) is 4.97. The predicted octanol–water partition coefficient (Wildman–Crippen LogP) is 5.27. The van der Waals surface area contributed by atoms with Gasteiger partial charge < -0.3 is 9.26 Å². The lowest BCUT2D eigenvalue weighted by Gasteiger charge is -2.15. The van der Waals surface area contributed by atoms with Crippen molar-refractivity contribution in [2.24, 2.45) is 5.92 Å². The van der Waals surface area contributed by atoms with Crippen LogP contribution in [0.4, 0.5) is 5.13 Å². The summed E-state index contributed by atoms with van der Waals surface area (Å²) in [5, 5.41) is 7.43. The lowest BCUT2D eigenvalue weighted by Crippen LogP contribution is -2.12. The minimum atomic E-state index is -0.310. The van der Waals surface area contributed by atoms with E-state index in [4.69, 9.17) is 9.26 Å². The van der Waals surface area contributed by atoms with E-state index in [1.165, 1.54) is 4.88 Å². The standard InChI is InChI=1S/C22H25N3O3S/c1-12(2)27-18-8-6-15(10-14(18)4)19-11-17(25-28-19)21(26)24-22-23-16-7-5-13(3)9-20(16)29-22/h6,8,10-13H,5,7,9H2,1-4H3,(H,23,24,26). The van der Waals surface area contributed by atoms with Crippen molar-refractivity contribution in [1.29, 1.82) is 0 Å². The van der Waals surface area contributed by atoms with Gasteiger partial charge in [0.05, 0.1) is 11.8 Å². The summed E-state index contributed by atoms with van der Waals surface area (Å²) >= 11 is 1.56. The molecule has 152 valence electrons. The first-order valence-corrected chi connectivity index (χ1v) is 10.7. The predicted molar refractivity (Wildman–Crippen MR) is 114 cm³/mol. The van der Waals surface area contributed by atoms with Crippen LogP contribution in [0, 0.1) is 12.8 Å². The number of thiazole rings is 1. The summed E-state index contributed by atoms with van der Waals surface area (Å²) in [6.45, 7) is 8.22. The van der Waals surface area contributed by atoms with Gasteiger partial charge in [-0.2, -0.15) is 0 Å². The van der Waals surface area contributed by atoms with Gasteiger partial charge in [-0.1, -0.05) is 12.1 Å². The van der Waals surface area contributed by atoms with Crippen LogP contribution in [0.2, 0.25) is 0 Å². The van der Waals surface area contributed by atoms with Crippen LogP contribution in [-0.2, 0) is 12.8 Å². The Morgan fingerprint density at radius 3 is 2.93 bits per heavy atom. The van der Waals surface area contributed by atoms with E-state index in [-0.39, 0.29) is 17.7 Å². The number of aryl methyl sites for hydroxylation is 2. The molecule has 1 amide bonds. The topological polar surface area (TPSA) is 77.3 Å². The second-order valence-electron chi connectivity index (χ2n) is 7.91. The average molecular weight is 412 g/mol. The van der Waals surface area contributed by atoms with Gasteiger partial charge >= 0.3 is 0 Å². The van der Waals surface area contributed by atoms with E-state index in [9.17, 15) is 4.79 Å². The first-order chi connectivity index (χ1) is 13.9. The highest BCUT2D eigenvalue weighted by Gasteiger charge is 2.22. The Bertz CT molecular complexity index is 1040. The minimum Gasteiger partial charge on any atom is -0.491 e. The van der Waals surface area contributed by atoms with Crippen molar-refractivity contribution in [3.05, 3.63) is 46.1 Å². The summed E-state index contributed by atoms with van der Waals surface area (Å²) < 4.78 is 11.2. The summed E-state index contributed by atoms with van der Waals surface area (Å²) in [4.78, 5) is 18.4. The van der Waals surface area contributed by atoms with Gasteiger partial charge in [-0.15, -0.1) is 11.3 Å². The highest BCUT2D eigenvalue weighted by Crippen LogP contribution is 2.32. The quantitative estimate of drug-likeness (QED) is 0.619. The van der Waals surface area contributed by atoms with Crippen molar-refractivity contribution < 1.29 is 14.1 Å². The van der Waals surface area contributed by atoms with E-state index in [2.05, 4.69) is 22.4 Å². The fourth-order valence-corrected chi connectivity index (χ4v) is 4.63. The van der Waals surface area contributed by atoms with E-state index in [1.54, 1.807) is 17.4 Å². The van der Waals surface area contributed by atoms with Gasteiger partial charge in [0.2, 0.25) is 0 Å². The zero-order valence-corrected chi connectivity index (χ0v) is 17.9. The number of ether oxygens (including phenoxy) is 1. The number of hydrogen-bond donors (Lipinski definition) is 1. The molecule has 0 fully saturated rings. The molecule has 0 spiro atoms.